The zero-order chi connectivity index (χ0) is 14.7. The SMILES string of the molecule is CCC(=O)c1sc(NCC2CCCO2)c(C(N)=O)c1N. The third-order valence-corrected chi connectivity index (χ3v) is 4.48. The highest BCUT2D eigenvalue weighted by atomic mass is 32.1. The van der Waals surface area contributed by atoms with Gasteiger partial charge in [-0.15, -0.1) is 11.3 Å². The van der Waals surface area contributed by atoms with Crippen LogP contribution in [0.1, 0.15) is 46.2 Å². The van der Waals surface area contributed by atoms with Gasteiger partial charge in [-0.25, -0.2) is 0 Å². The van der Waals surface area contributed by atoms with Crippen molar-refractivity contribution in [2.24, 2.45) is 5.73 Å². The molecule has 0 saturated carbocycles. The molecule has 0 spiro atoms. The van der Waals surface area contributed by atoms with E-state index >= 15 is 0 Å². The monoisotopic (exact) mass is 297 g/mol. The number of carbonyl (C=O) groups excluding carboxylic acids is 2. The summed E-state index contributed by atoms with van der Waals surface area (Å²) in [6, 6.07) is 0. The van der Waals surface area contributed by atoms with Gasteiger partial charge < -0.3 is 21.5 Å². The second-order valence-corrected chi connectivity index (χ2v) is 5.73. The van der Waals surface area contributed by atoms with Crippen LogP contribution in [0.15, 0.2) is 0 Å². The van der Waals surface area contributed by atoms with Crippen molar-refractivity contribution >= 4 is 33.7 Å². The molecule has 110 valence electrons. The third-order valence-electron chi connectivity index (χ3n) is 3.28. The lowest BCUT2D eigenvalue weighted by Crippen LogP contribution is -2.20. The second-order valence-electron chi connectivity index (χ2n) is 4.71. The lowest BCUT2D eigenvalue weighted by molar-refractivity contribution is 0.0991. The molecule has 0 aromatic carbocycles. The van der Waals surface area contributed by atoms with Crippen molar-refractivity contribution in [1.82, 2.24) is 0 Å². The number of nitrogen functional groups attached to an aromatic ring is 1. The van der Waals surface area contributed by atoms with Gasteiger partial charge in [0.15, 0.2) is 5.78 Å². The number of nitrogens with two attached hydrogens (primary N) is 2. The Kier molecular flexibility index (Phi) is 4.61. The minimum Gasteiger partial charge on any atom is -0.397 e. The molecule has 7 heteroatoms. The summed E-state index contributed by atoms with van der Waals surface area (Å²) in [5.74, 6) is -0.705. The molecule has 1 aliphatic heterocycles. The van der Waals surface area contributed by atoms with E-state index in [1.165, 1.54) is 11.3 Å². The summed E-state index contributed by atoms with van der Waals surface area (Å²) in [5, 5.41) is 3.69. The molecule has 1 aromatic heterocycles. The van der Waals surface area contributed by atoms with Crippen LogP contribution >= 0.6 is 11.3 Å². The van der Waals surface area contributed by atoms with E-state index in [1.807, 2.05) is 0 Å². The van der Waals surface area contributed by atoms with E-state index in [0.717, 1.165) is 19.4 Å². The number of primary amides is 1. The Hall–Kier alpha value is -1.60. The number of anilines is 2. The summed E-state index contributed by atoms with van der Waals surface area (Å²) in [7, 11) is 0. The maximum absolute atomic E-state index is 11.8. The molecule has 0 radical (unpaired) electrons. The largest absolute Gasteiger partial charge is 0.397 e. The van der Waals surface area contributed by atoms with E-state index in [0.29, 0.717) is 22.8 Å². The number of ketones is 1. The summed E-state index contributed by atoms with van der Waals surface area (Å²) in [6.45, 7) is 3.10. The highest BCUT2D eigenvalue weighted by Gasteiger charge is 2.24. The predicted molar refractivity (Wildman–Crippen MR) is 79.3 cm³/mol. The van der Waals surface area contributed by atoms with Gasteiger partial charge in [0.1, 0.15) is 5.00 Å². The summed E-state index contributed by atoms with van der Waals surface area (Å²) in [5.41, 5.74) is 11.6. The minimum absolute atomic E-state index is 0.0832. The lowest BCUT2D eigenvalue weighted by Gasteiger charge is -2.11. The van der Waals surface area contributed by atoms with Crippen LogP contribution < -0.4 is 16.8 Å². The molecule has 1 atom stereocenters. The summed E-state index contributed by atoms with van der Waals surface area (Å²) in [4.78, 5) is 23.7. The summed E-state index contributed by atoms with van der Waals surface area (Å²) >= 11 is 1.19. The fraction of sp³-hybridized carbons (Fsp3) is 0.538. The first-order valence-corrected chi connectivity index (χ1v) is 7.47. The number of nitrogens with one attached hydrogen (secondary N) is 1. The van der Waals surface area contributed by atoms with E-state index in [-0.39, 0.29) is 23.1 Å². The minimum atomic E-state index is -0.622. The van der Waals surface area contributed by atoms with E-state index < -0.39 is 5.91 Å². The number of carbonyl (C=O) groups is 2. The van der Waals surface area contributed by atoms with Crippen molar-refractivity contribution in [3.8, 4) is 0 Å². The second kappa shape index (κ2) is 6.23. The molecule has 1 fully saturated rings. The Morgan fingerprint density at radius 3 is 2.80 bits per heavy atom. The van der Waals surface area contributed by atoms with E-state index in [1.54, 1.807) is 6.92 Å². The zero-order valence-corrected chi connectivity index (χ0v) is 12.2. The lowest BCUT2D eigenvalue weighted by atomic mass is 10.1. The van der Waals surface area contributed by atoms with Crippen LogP contribution in [0, 0.1) is 0 Å². The number of amides is 1. The van der Waals surface area contributed by atoms with Gasteiger partial charge in [-0.05, 0) is 12.8 Å². The molecule has 1 saturated heterocycles. The molecular weight excluding hydrogens is 278 g/mol. The molecule has 6 nitrogen and oxygen atoms in total. The van der Waals surface area contributed by atoms with Crippen molar-refractivity contribution in [1.29, 1.82) is 0 Å². The van der Waals surface area contributed by atoms with Crippen LogP contribution in [-0.2, 0) is 4.74 Å². The fourth-order valence-corrected chi connectivity index (χ4v) is 3.33. The normalized spacial score (nSPS) is 18.1. The van der Waals surface area contributed by atoms with Crippen molar-refractivity contribution in [3.05, 3.63) is 10.4 Å². The summed E-state index contributed by atoms with van der Waals surface area (Å²) in [6.07, 6.45) is 2.50. The zero-order valence-electron chi connectivity index (χ0n) is 11.4. The van der Waals surface area contributed by atoms with Crippen LogP contribution in [0.25, 0.3) is 0 Å². The highest BCUT2D eigenvalue weighted by Crippen LogP contribution is 2.36. The average Bonchev–Trinajstić information content (AvgIpc) is 3.02. The number of ether oxygens (including phenoxy) is 1. The van der Waals surface area contributed by atoms with Gasteiger partial charge in [-0.3, -0.25) is 9.59 Å². The quantitative estimate of drug-likeness (QED) is 0.691. The number of hydrogen-bond acceptors (Lipinski definition) is 6. The Morgan fingerprint density at radius 1 is 1.50 bits per heavy atom. The Labute approximate surface area is 121 Å². The van der Waals surface area contributed by atoms with Crippen LogP contribution in [0.2, 0.25) is 0 Å². The van der Waals surface area contributed by atoms with Crippen molar-refractivity contribution in [2.75, 3.05) is 24.2 Å². The maximum atomic E-state index is 11.8. The third kappa shape index (κ3) is 2.94. The van der Waals surface area contributed by atoms with Crippen molar-refractivity contribution in [2.45, 2.75) is 32.3 Å². The number of Topliss-reactive ketones (excluding diaryl/α,β-unsaturated/α-hetero) is 1. The Morgan fingerprint density at radius 2 is 2.25 bits per heavy atom. The molecule has 0 aliphatic carbocycles. The smallest absolute Gasteiger partial charge is 0.253 e. The molecule has 20 heavy (non-hydrogen) atoms. The number of hydrogen-bond donors (Lipinski definition) is 3. The van der Waals surface area contributed by atoms with Gasteiger partial charge in [0.25, 0.3) is 5.91 Å². The number of rotatable bonds is 6. The average molecular weight is 297 g/mol. The van der Waals surface area contributed by atoms with E-state index in [2.05, 4.69) is 5.32 Å². The standard InChI is InChI=1S/C13H19N3O3S/c1-2-8(17)11-10(14)9(12(15)18)13(20-11)16-6-7-4-3-5-19-7/h7,16H,2-6,14H2,1H3,(H2,15,18). The highest BCUT2D eigenvalue weighted by molar-refractivity contribution is 7.19. The van der Waals surface area contributed by atoms with Gasteiger partial charge in [0.2, 0.25) is 0 Å². The number of thiophene rings is 1. The molecular formula is C13H19N3O3S. The van der Waals surface area contributed by atoms with Gasteiger partial charge >= 0.3 is 0 Å². The molecule has 5 N–H and O–H groups in total. The van der Waals surface area contributed by atoms with Crippen LogP contribution in [0.5, 0.6) is 0 Å². The Bertz CT molecular complexity index is 521. The topological polar surface area (TPSA) is 107 Å². The van der Waals surface area contributed by atoms with Crippen molar-refractivity contribution in [3.63, 3.8) is 0 Å². The van der Waals surface area contributed by atoms with E-state index in [9.17, 15) is 9.59 Å². The molecule has 2 heterocycles. The van der Waals surface area contributed by atoms with Crippen molar-refractivity contribution < 1.29 is 14.3 Å². The van der Waals surface area contributed by atoms with Gasteiger partial charge in [-0.1, -0.05) is 6.92 Å². The van der Waals surface area contributed by atoms with Crippen LogP contribution in [-0.4, -0.2) is 30.9 Å². The van der Waals surface area contributed by atoms with Gasteiger partial charge in [0.05, 0.1) is 22.2 Å². The van der Waals surface area contributed by atoms with Crippen LogP contribution in [0.4, 0.5) is 10.7 Å². The molecule has 1 amide bonds. The molecule has 2 rings (SSSR count). The first-order valence-electron chi connectivity index (χ1n) is 6.65. The summed E-state index contributed by atoms with van der Waals surface area (Å²) < 4.78 is 5.51. The van der Waals surface area contributed by atoms with Gasteiger partial charge in [-0.2, -0.15) is 0 Å². The maximum Gasteiger partial charge on any atom is 0.253 e. The van der Waals surface area contributed by atoms with Gasteiger partial charge in [0, 0.05) is 19.6 Å². The molecule has 1 aromatic rings. The van der Waals surface area contributed by atoms with Crippen LogP contribution in [0.3, 0.4) is 0 Å². The molecule has 1 unspecified atom stereocenters. The fourth-order valence-electron chi connectivity index (χ4n) is 2.19. The molecule has 1 aliphatic rings. The predicted octanol–water partition coefficient (Wildman–Crippen LogP) is 1.61. The first kappa shape index (κ1) is 14.8. The Balaban J connectivity index is 2.21. The molecule has 0 bridgehead atoms. The van der Waals surface area contributed by atoms with E-state index in [4.69, 9.17) is 16.2 Å². The first-order chi connectivity index (χ1) is 9.54.